The molecule has 5 heteroatoms. The summed E-state index contributed by atoms with van der Waals surface area (Å²) in [5, 5.41) is -0.378. The minimum atomic E-state index is -3.14. The normalized spacial score (nSPS) is 15.3. The molecule has 0 aliphatic carbocycles. The molecule has 0 fully saturated rings. The van der Waals surface area contributed by atoms with Crippen LogP contribution in [0, 0.1) is 0 Å². The highest BCUT2D eigenvalue weighted by Crippen LogP contribution is 2.09. The molecule has 4 nitrogen and oxygen atoms in total. The van der Waals surface area contributed by atoms with E-state index in [4.69, 9.17) is 4.74 Å². The van der Waals surface area contributed by atoms with Crippen molar-refractivity contribution in [3.05, 3.63) is 0 Å². The zero-order valence-corrected chi connectivity index (χ0v) is 9.76. The topological polar surface area (TPSA) is 46.6 Å². The predicted octanol–water partition coefficient (Wildman–Crippen LogP) is 0.691. The van der Waals surface area contributed by atoms with Crippen LogP contribution in [0.1, 0.15) is 20.8 Å². The van der Waals surface area contributed by atoms with Crippen LogP contribution in [-0.2, 0) is 14.8 Å². The molecule has 0 spiro atoms. The third-order valence-corrected chi connectivity index (χ3v) is 4.38. The molecule has 0 rings (SSSR count). The Morgan fingerprint density at radius 2 is 1.77 bits per heavy atom. The molecule has 1 atom stereocenters. The Labute approximate surface area is 80.9 Å². The Balaban J connectivity index is 4.50. The lowest BCUT2D eigenvalue weighted by Gasteiger charge is -2.25. The van der Waals surface area contributed by atoms with Crippen molar-refractivity contribution in [2.75, 3.05) is 20.8 Å². The second kappa shape index (κ2) is 4.93. The number of methoxy groups -OCH3 is 1. The number of ether oxygens (including phenoxy) is 1. The molecule has 0 aliphatic heterocycles. The SMILES string of the molecule is COCC(C)N(C)S(=O)(=O)C(C)C. The van der Waals surface area contributed by atoms with Crippen LogP contribution in [0.4, 0.5) is 0 Å². The van der Waals surface area contributed by atoms with Crippen LogP contribution in [0.25, 0.3) is 0 Å². The predicted molar refractivity (Wildman–Crippen MR) is 53.2 cm³/mol. The maximum Gasteiger partial charge on any atom is 0.216 e. The first kappa shape index (κ1) is 12.9. The van der Waals surface area contributed by atoms with E-state index in [-0.39, 0.29) is 11.3 Å². The molecule has 0 saturated carbocycles. The van der Waals surface area contributed by atoms with E-state index in [1.807, 2.05) is 6.92 Å². The smallest absolute Gasteiger partial charge is 0.216 e. The fourth-order valence-electron chi connectivity index (χ4n) is 0.930. The largest absolute Gasteiger partial charge is 0.383 e. The maximum atomic E-state index is 11.6. The first-order valence-electron chi connectivity index (χ1n) is 4.29. The molecule has 0 radical (unpaired) electrons. The Morgan fingerprint density at radius 3 is 2.08 bits per heavy atom. The molecule has 1 unspecified atom stereocenters. The summed E-state index contributed by atoms with van der Waals surface area (Å²) in [7, 11) is -0.000800. The van der Waals surface area contributed by atoms with Gasteiger partial charge in [0.2, 0.25) is 10.0 Å². The average Bonchev–Trinajstić information content (AvgIpc) is 2.03. The molecule has 0 N–H and O–H groups in total. The third kappa shape index (κ3) is 3.25. The number of hydrogen-bond donors (Lipinski definition) is 0. The fraction of sp³-hybridized carbons (Fsp3) is 1.00. The van der Waals surface area contributed by atoms with E-state index in [0.29, 0.717) is 6.61 Å². The summed E-state index contributed by atoms with van der Waals surface area (Å²) in [5.74, 6) is 0. The van der Waals surface area contributed by atoms with Crippen LogP contribution in [0.5, 0.6) is 0 Å². The van der Waals surface area contributed by atoms with E-state index in [1.165, 1.54) is 4.31 Å². The molecule has 0 saturated heterocycles. The highest BCUT2D eigenvalue weighted by molar-refractivity contribution is 7.89. The van der Waals surface area contributed by atoms with Gasteiger partial charge in [0.25, 0.3) is 0 Å². The van der Waals surface area contributed by atoms with Crippen molar-refractivity contribution in [2.45, 2.75) is 32.1 Å². The van der Waals surface area contributed by atoms with Crippen LogP contribution in [0.3, 0.4) is 0 Å². The molecule has 0 aromatic rings. The summed E-state index contributed by atoms with van der Waals surface area (Å²) in [4.78, 5) is 0. The summed E-state index contributed by atoms with van der Waals surface area (Å²) < 4.78 is 29.5. The molecule has 0 aliphatic rings. The van der Waals surface area contributed by atoms with Gasteiger partial charge in [-0.05, 0) is 20.8 Å². The van der Waals surface area contributed by atoms with Gasteiger partial charge in [0, 0.05) is 20.2 Å². The standard InChI is InChI=1S/C8H19NO3S/c1-7(2)13(10,11)9(4)8(3)6-12-5/h7-8H,6H2,1-5H3. The first-order chi connectivity index (χ1) is 5.84. The number of nitrogens with zero attached hydrogens (tertiary/aromatic N) is 1. The van der Waals surface area contributed by atoms with Crippen molar-refractivity contribution >= 4 is 10.0 Å². The Hall–Kier alpha value is -0.130. The zero-order valence-electron chi connectivity index (χ0n) is 8.94. The second-order valence-corrected chi connectivity index (χ2v) is 5.96. The van der Waals surface area contributed by atoms with Gasteiger partial charge in [-0.25, -0.2) is 8.42 Å². The summed E-state index contributed by atoms with van der Waals surface area (Å²) in [5.41, 5.74) is 0. The summed E-state index contributed by atoms with van der Waals surface area (Å²) >= 11 is 0. The minimum absolute atomic E-state index is 0.114. The van der Waals surface area contributed by atoms with Crippen LogP contribution in [-0.4, -0.2) is 44.8 Å². The van der Waals surface area contributed by atoms with Crippen molar-refractivity contribution < 1.29 is 13.2 Å². The van der Waals surface area contributed by atoms with E-state index in [2.05, 4.69) is 0 Å². The van der Waals surface area contributed by atoms with E-state index in [1.54, 1.807) is 28.0 Å². The zero-order chi connectivity index (χ0) is 10.6. The van der Waals surface area contributed by atoms with Gasteiger partial charge < -0.3 is 4.74 Å². The van der Waals surface area contributed by atoms with Gasteiger partial charge in [0.1, 0.15) is 0 Å². The second-order valence-electron chi connectivity index (χ2n) is 3.41. The number of likely N-dealkylation sites (N-methyl/N-ethyl adjacent to an activating group) is 1. The monoisotopic (exact) mass is 209 g/mol. The molecule has 0 aromatic carbocycles. The van der Waals surface area contributed by atoms with Crippen molar-refractivity contribution in [2.24, 2.45) is 0 Å². The molecule has 0 bridgehead atoms. The first-order valence-corrected chi connectivity index (χ1v) is 5.80. The number of sulfonamides is 1. The fourth-order valence-corrected chi connectivity index (χ4v) is 2.16. The van der Waals surface area contributed by atoms with E-state index in [0.717, 1.165) is 0 Å². The van der Waals surface area contributed by atoms with Crippen molar-refractivity contribution in [3.63, 3.8) is 0 Å². The van der Waals surface area contributed by atoms with E-state index < -0.39 is 10.0 Å². The van der Waals surface area contributed by atoms with Crippen LogP contribution in [0.2, 0.25) is 0 Å². The van der Waals surface area contributed by atoms with Crippen molar-refractivity contribution in [1.29, 1.82) is 0 Å². The molecule has 0 aromatic heterocycles. The van der Waals surface area contributed by atoms with Gasteiger partial charge in [-0.15, -0.1) is 0 Å². The highest BCUT2D eigenvalue weighted by atomic mass is 32.2. The lowest BCUT2D eigenvalue weighted by molar-refractivity contribution is 0.149. The van der Waals surface area contributed by atoms with Gasteiger partial charge in [-0.3, -0.25) is 0 Å². The van der Waals surface area contributed by atoms with Crippen LogP contribution >= 0.6 is 0 Å². The summed E-state index contributed by atoms with van der Waals surface area (Å²) in [6.07, 6.45) is 0. The van der Waals surface area contributed by atoms with Crippen molar-refractivity contribution in [1.82, 2.24) is 4.31 Å². The maximum absolute atomic E-state index is 11.6. The quantitative estimate of drug-likeness (QED) is 0.669. The summed E-state index contributed by atoms with van der Waals surface area (Å²) in [6.45, 7) is 5.59. The average molecular weight is 209 g/mol. The highest BCUT2D eigenvalue weighted by Gasteiger charge is 2.25. The van der Waals surface area contributed by atoms with Crippen molar-refractivity contribution in [3.8, 4) is 0 Å². The van der Waals surface area contributed by atoms with Gasteiger partial charge in [-0.2, -0.15) is 4.31 Å². The molecule has 80 valence electrons. The third-order valence-electron chi connectivity index (χ3n) is 2.03. The van der Waals surface area contributed by atoms with E-state index in [9.17, 15) is 8.42 Å². The molecule has 0 heterocycles. The van der Waals surface area contributed by atoms with Gasteiger partial charge in [0.15, 0.2) is 0 Å². The molecular formula is C8H19NO3S. The Morgan fingerprint density at radius 1 is 1.31 bits per heavy atom. The van der Waals surface area contributed by atoms with E-state index >= 15 is 0 Å². The van der Waals surface area contributed by atoms with Crippen LogP contribution in [0.15, 0.2) is 0 Å². The lowest BCUT2D eigenvalue weighted by atomic mass is 10.4. The van der Waals surface area contributed by atoms with Crippen LogP contribution < -0.4 is 0 Å². The molecule has 13 heavy (non-hydrogen) atoms. The molecule has 0 amide bonds. The lowest BCUT2D eigenvalue weighted by Crippen LogP contribution is -2.41. The number of hydrogen-bond acceptors (Lipinski definition) is 3. The number of rotatable bonds is 5. The minimum Gasteiger partial charge on any atom is -0.383 e. The Kier molecular flexibility index (Phi) is 4.88. The van der Waals surface area contributed by atoms with Gasteiger partial charge in [0.05, 0.1) is 11.9 Å². The van der Waals surface area contributed by atoms with Gasteiger partial charge >= 0.3 is 0 Å². The van der Waals surface area contributed by atoms with Gasteiger partial charge in [-0.1, -0.05) is 0 Å². The molecular weight excluding hydrogens is 190 g/mol. The Bertz CT molecular complexity index is 236. The summed E-state index contributed by atoms with van der Waals surface area (Å²) in [6, 6.07) is -0.114.